The zero-order valence-corrected chi connectivity index (χ0v) is 16.5. The maximum atomic E-state index is 13.4. The first-order valence-corrected chi connectivity index (χ1v) is 9.45. The van der Waals surface area contributed by atoms with Crippen molar-refractivity contribution < 1.29 is 9.90 Å². The van der Waals surface area contributed by atoms with E-state index in [9.17, 15) is 9.90 Å². The second-order valence-corrected chi connectivity index (χ2v) is 7.24. The summed E-state index contributed by atoms with van der Waals surface area (Å²) in [5.74, 6) is 0.0481. The Bertz CT molecular complexity index is 1120. The molecule has 0 aromatic heterocycles. The molecule has 0 spiro atoms. The molecule has 1 unspecified atom stereocenters. The molecule has 140 valence electrons. The van der Waals surface area contributed by atoms with Crippen LogP contribution in [-0.2, 0) is 0 Å². The Morgan fingerprint density at radius 3 is 2.46 bits per heavy atom. The molecule has 0 aliphatic carbocycles. The van der Waals surface area contributed by atoms with Crippen LogP contribution in [0.4, 0.5) is 0 Å². The van der Waals surface area contributed by atoms with Crippen LogP contribution in [0.1, 0.15) is 28.9 Å². The second-order valence-electron chi connectivity index (χ2n) is 6.86. The lowest BCUT2D eigenvalue weighted by molar-refractivity contribution is 0.102. The standard InChI is InChI=1S/C23H20N2O2S/c1-14-19(22(27)16-9-4-3-5-10-16)21(24-23(28)25(14)2)20-17-11-7-6-8-15(17)12-13-18(20)26/h3-13,21,26H,1-2H3,(H,24,28). The predicted octanol–water partition coefficient (Wildman–Crippen LogP) is 4.56. The first kappa shape index (κ1) is 18.2. The second kappa shape index (κ2) is 7.09. The van der Waals surface area contributed by atoms with Crippen LogP contribution in [0.25, 0.3) is 10.8 Å². The van der Waals surface area contributed by atoms with E-state index in [0.29, 0.717) is 21.8 Å². The van der Waals surface area contributed by atoms with Crippen LogP contribution in [0.2, 0.25) is 0 Å². The van der Waals surface area contributed by atoms with E-state index in [0.717, 1.165) is 16.5 Å². The molecule has 4 rings (SSSR count). The van der Waals surface area contributed by atoms with Gasteiger partial charge in [0.2, 0.25) is 0 Å². The number of nitrogens with zero attached hydrogens (tertiary/aromatic N) is 1. The molecule has 0 fully saturated rings. The van der Waals surface area contributed by atoms with E-state index < -0.39 is 6.04 Å². The lowest BCUT2D eigenvalue weighted by Gasteiger charge is -2.36. The van der Waals surface area contributed by atoms with Gasteiger partial charge in [0.15, 0.2) is 10.9 Å². The van der Waals surface area contributed by atoms with Gasteiger partial charge in [-0.3, -0.25) is 4.79 Å². The molecule has 28 heavy (non-hydrogen) atoms. The summed E-state index contributed by atoms with van der Waals surface area (Å²) in [4.78, 5) is 15.2. The number of carbonyl (C=O) groups is 1. The fraction of sp³-hybridized carbons (Fsp3) is 0.130. The molecule has 1 atom stereocenters. The molecule has 0 saturated heterocycles. The highest BCUT2D eigenvalue weighted by molar-refractivity contribution is 7.80. The van der Waals surface area contributed by atoms with Crippen LogP contribution in [0.15, 0.2) is 78.0 Å². The maximum Gasteiger partial charge on any atom is 0.193 e. The number of hydrogen-bond acceptors (Lipinski definition) is 3. The number of nitrogens with one attached hydrogen (secondary N) is 1. The molecule has 2 N–H and O–H groups in total. The van der Waals surface area contributed by atoms with Crippen molar-refractivity contribution in [3.05, 3.63) is 89.1 Å². The molecular weight excluding hydrogens is 368 g/mol. The highest BCUT2D eigenvalue weighted by Crippen LogP contribution is 2.40. The van der Waals surface area contributed by atoms with Gasteiger partial charge in [0, 0.05) is 29.4 Å². The monoisotopic (exact) mass is 388 g/mol. The molecule has 5 heteroatoms. The molecule has 1 aliphatic heterocycles. The van der Waals surface area contributed by atoms with E-state index in [1.807, 2.05) is 62.5 Å². The van der Waals surface area contributed by atoms with E-state index in [4.69, 9.17) is 12.2 Å². The Kier molecular flexibility index (Phi) is 4.61. The van der Waals surface area contributed by atoms with E-state index in [1.54, 1.807) is 23.1 Å². The quantitative estimate of drug-likeness (QED) is 0.509. The van der Waals surface area contributed by atoms with Gasteiger partial charge in [-0.25, -0.2) is 0 Å². The summed E-state index contributed by atoms with van der Waals surface area (Å²) in [5, 5.41) is 16.4. The van der Waals surface area contributed by atoms with E-state index in [-0.39, 0.29) is 11.5 Å². The first-order chi connectivity index (χ1) is 13.5. The molecule has 4 nitrogen and oxygen atoms in total. The third-order valence-corrected chi connectivity index (χ3v) is 5.66. The molecule has 0 amide bonds. The van der Waals surface area contributed by atoms with Gasteiger partial charge in [-0.05, 0) is 36.0 Å². The van der Waals surface area contributed by atoms with Crippen LogP contribution >= 0.6 is 12.2 Å². The van der Waals surface area contributed by atoms with Crippen molar-refractivity contribution in [2.75, 3.05) is 7.05 Å². The van der Waals surface area contributed by atoms with Crippen LogP contribution in [-0.4, -0.2) is 27.9 Å². The molecule has 3 aromatic carbocycles. The number of ketones is 1. The SMILES string of the molecule is CC1=C(C(=O)c2ccccc2)C(c2c(O)ccc3ccccc23)NC(=S)N1C. The summed E-state index contributed by atoms with van der Waals surface area (Å²) in [6.07, 6.45) is 0. The molecule has 0 radical (unpaired) electrons. The molecule has 0 saturated carbocycles. The Hall–Kier alpha value is -3.18. The number of Topliss-reactive ketones (excluding diaryl/α,β-unsaturated/α-hetero) is 1. The van der Waals surface area contributed by atoms with Gasteiger partial charge >= 0.3 is 0 Å². The number of thiocarbonyl (C=S) groups is 1. The molecule has 1 aliphatic rings. The van der Waals surface area contributed by atoms with Crippen molar-refractivity contribution in [2.24, 2.45) is 0 Å². The minimum Gasteiger partial charge on any atom is -0.508 e. The number of carbonyl (C=O) groups excluding carboxylic acids is 1. The molecule has 1 heterocycles. The molecular formula is C23H20N2O2S. The van der Waals surface area contributed by atoms with Gasteiger partial charge in [-0.15, -0.1) is 0 Å². The van der Waals surface area contributed by atoms with Crippen molar-refractivity contribution in [1.82, 2.24) is 10.2 Å². The topological polar surface area (TPSA) is 52.6 Å². The Morgan fingerprint density at radius 1 is 1.04 bits per heavy atom. The number of benzene rings is 3. The van der Waals surface area contributed by atoms with Gasteiger partial charge in [0.1, 0.15) is 5.75 Å². The lowest BCUT2D eigenvalue weighted by atomic mass is 9.86. The van der Waals surface area contributed by atoms with E-state index in [1.165, 1.54) is 0 Å². The largest absolute Gasteiger partial charge is 0.508 e. The summed E-state index contributed by atoms with van der Waals surface area (Å²) in [7, 11) is 1.84. The molecule has 0 bridgehead atoms. The third kappa shape index (κ3) is 2.94. The third-order valence-electron chi connectivity index (χ3n) is 5.27. The highest BCUT2D eigenvalue weighted by atomic mass is 32.1. The Balaban J connectivity index is 1.96. The van der Waals surface area contributed by atoms with E-state index in [2.05, 4.69) is 5.32 Å². The summed E-state index contributed by atoms with van der Waals surface area (Å²) in [5.41, 5.74) is 2.61. The maximum absolute atomic E-state index is 13.4. The number of phenolic OH excluding ortho intramolecular Hbond substituents is 1. The average Bonchev–Trinajstić information content (AvgIpc) is 2.72. The summed E-state index contributed by atoms with van der Waals surface area (Å²) in [6.45, 7) is 1.89. The highest BCUT2D eigenvalue weighted by Gasteiger charge is 2.35. The molecule has 3 aromatic rings. The van der Waals surface area contributed by atoms with Crippen LogP contribution in [0, 0.1) is 0 Å². The zero-order valence-electron chi connectivity index (χ0n) is 15.6. The van der Waals surface area contributed by atoms with Crippen molar-refractivity contribution >= 4 is 33.9 Å². The van der Waals surface area contributed by atoms with Crippen molar-refractivity contribution in [2.45, 2.75) is 13.0 Å². The van der Waals surface area contributed by atoms with Gasteiger partial charge in [-0.1, -0.05) is 60.7 Å². The normalized spacial score (nSPS) is 17.0. The smallest absolute Gasteiger partial charge is 0.193 e. The van der Waals surface area contributed by atoms with Crippen molar-refractivity contribution in [1.29, 1.82) is 0 Å². The minimum absolute atomic E-state index is 0.0858. The zero-order chi connectivity index (χ0) is 19.8. The van der Waals surface area contributed by atoms with Crippen LogP contribution in [0.5, 0.6) is 5.75 Å². The average molecular weight is 388 g/mol. The fourth-order valence-electron chi connectivity index (χ4n) is 3.68. The van der Waals surface area contributed by atoms with Gasteiger partial charge < -0.3 is 15.3 Å². The Labute approximate surface area is 169 Å². The van der Waals surface area contributed by atoms with E-state index >= 15 is 0 Å². The number of rotatable bonds is 3. The minimum atomic E-state index is -0.539. The number of phenols is 1. The number of hydrogen-bond donors (Lipinski definition) is 2. The van der Waals surface area contributed by atoms with Crippen LogP contribution in [0.3, 0.4) is 0 Å². The van der Waals surface area contributed by atoms with Crippen molar-refractivity contribution in [3.8, 4) is 5.75 Å². The van der Waals surface area contributed by atoms with Gasteiger partial charge in [0.25, 0.3) is 0 Å². The number of fused-ring (bicyclic) bond motifs is 1. The van der Waals surface area contributed by atoms with Crippen LogP contribution < -0.4 is 5.32 Å². The number of aromatic hydroxyl groups is 1. The Morgan fingerprint density at radius 2 is 1.71 bits per heavy atom. The van der Waals surface area contributed by atoms with Crippen molar-refractivity contribution in [3.63, 3.8) is 0 Å². The summed E-state index contributed by atoms with van der Waals surface area (Å²) in [6, 6.07) is 20.0. The van der Waals surface area contributed by atoms with Gasteiger partial charge in [0.05, 0.1) is 6.04 Å². The summed E-state index contributed by atoms with van der Waals surface area (Å²) < 4.78 is 0. The van der Waals surface area contributed by atoms with Gasteiger partial charge in [-0.2, -0.15) is 0 Å². The predicted molar refractivity (Wildman–Crippen MR) is 115 cm³/mol. The first-order valence-electron chi connectivity index (χ1n) is 9.04. The lowest BCUT2D eigenvalue weighted by Crippen LogP contribution is -2.45. The number of allylic oxidation sites excluding steroid dienone is 1. The fourth-order valence-corrected chi connectivity index (χ4v) is 3.93. The summed E-state index contributed by atoms with van der Waals surface area (Å²) >= 11 is 5.49.